The van der Waals surface area contributed by atoms with Gasteiger partial charge in [-0.2, -0.15) is 0 Å². The van der Waals surface area contributed by atoms with Gasteiger partial charge in [-0.05, 0) is 45.6 Å². The average molecular weight is 270 g/mol. The molecule has 0 aromatic heterocycles. The van der Waals surface area contributed by atoms with Crippen LogP contribution in [0.3, 0.4) is 0 Å². The minimum atomic E-state index is -0.449. The number of carbonyl (C=O) groups is 1. The number of amides is 1. The number of piperidine rings is 1. The highest BCUT2D eigenvalue weighted by Crippen LogP contribution is 2.34. The summed E-state index contributed by atoms with van der Waals surface area (Å²) in [5, 5.41) is 0. The lowest BCUT2D eigenvalue weighted by atomic mass is 9.75. The number of rotatable bonds is 1. The molecule has 2 N–H and O–H groups in total. The summed E-state index contributed by atoms with van der Waals surface area (Å²) < 4.78 is 11.0. The molecular weight excluding hydrogens is 244 g/mol. The number of nitrogens with zero attached hydrogens (tertiary/aromatic N) is 1. The maximum atomic E-state index is 12.2. The minimum Gasteiger partial charge on any atom is -0.444 e. The molecule has 5 nitrogen and oxygen atoms in total. The van der Waals surface area contributed by atoms with Crippen LogP contribution < -0.4 is 5.73 Å². The van der Waals surface area contributed by atoms with Gasteiger partial charge < -0.3 is 20.1 Å². The van der Waals surface area contributed by atoms with Crippen molar-refractivity contribution in [3.05, 3.63) is 0 Å². The van der Waals surface area contributed by atoms with Gasteiger partial charge in [0.25, 0.3) is 0 Å². The Hall–Kier alpha value is -0.810. The van der Waals surface area contributed by atoms with Crippen LogP contribution in [-0.4, -0.2) is 49.4 Å². The van der Waals surface area contributed by atoms with Gasteiger partial charge in [0, 0.05) is 25.6 Å². The third-order valence-electron chi connectivity index (χ3n) is 4.00. The van der Waals surface area contributed by atoms with Crippen molar-refractivity contribution in [1.82, 2.24) is 4.90 Å². The molecule has 110 valence electrons. The molecule has 0 saturated carbocycles. The molecule has 2 saturated heterocycles. The average Bonchev–Trinajstić information content (AvgIpc) is 2.35. The Bertz CT molecular complexity index is 319. The van der Waals surface area contributed by atoms with Crippen molar-refractivity contribution in [3.8, 4) is 0 Å². The maximum Gasteiger partial charge on any atom is 0.410 e. The van der Waals surface area contributed by atoms with Crippen LogP contribution in [0, 0.1) is 17.8 Å². The van der Waals surface area contributed by atoms with E-state index in [4.69, 9.17) is 15.2 Å². The molecule has 0 radical (unpaired) electrons. The van der Waals surface area contributed by atoms with Crippen LogP contribution in [0.5, 0.6) is 0 Å². The van der Waals surface area contributed by atoms with E-state index in [0.717, 1.165) is 26.2 Å². The van der Waals surface area contributed by atoms with Gasteiger partial charge in [0.1, 0.15) is 5.60 Å². The molecule has 2 heterocycles. The normalized spacial score (nSPS) is 31.8. The number of hydrogen-bond acceptors (Lipinski definition) is 4. The van der Waals surface area contributed by atoms with Crippen molar-refractivity contribution in [2.24, 2.45) is 23.5 Å². The number of fused-ring (bicyclic) bond motifs is 1. The molecule has 3 unspecified atom stereocenters. The summed E-state index contributed by atoms with van der Waals surface area (Å²) in [7, 11) is 0. The summed E-state index contributed by atoms with van der Waals surface area (Å²) in [6.45, 7) is 9.30. The van der Waals surface area contributed by atoms with Crippen LogP contribution in [0.2, 0.25) is 0 Å². The smallest absolute Gasteiger partial charge is 0.410 e. The van der Waals surface area contributed by atoms with Crippen molar-refractivity contribution >= 4 is 6.09 Å². The fourth-order valence-corrected chi connectivity index (χ4v) is 3.12. The predicted octanol–water partition coefficient (Wildman–Crippen LogP) is 1.46. The monoisotopic (exact) mass is 270 g/mol. The van der Waals surface area contributed by atoms with Crippen molar-refractivity contribution in [2.75, 3.05) is 32.8 Å². The van der Waals surface area contributed by atoms with Gasteiger partial charge in [0.2, 0.25) is 0 Å². The molecule has 5 heteroatoms. The van der Waals surface area contributed by atoms with E-state index in [9.17, 15) is 4.79 Å². The lowest BCUT2D eigenvalue weighted by Gasteiger charge is -2.45. The molecular formula is C14H26N2O3. The Labute approximate surface area is 115 Å². The van der Waals surface area contributed by atoms with Crippen LogP contribution in [0.1, 0.15) is 27.2 Å². The van der Waals surface area contributed by atoms with Crippen LogP contribution in [0.4, 0.5) is 4.79 Å². The van der Waals surface area contributed by atoms with E-state index in [1.54, 1.807) is 4.90 Å². The largest absolute Gasteiger partial charge is 0.444 e. The summed E-state index contributed by atoms with van der Waals surface area (Å²) in [5.74, 6) is 1.37. The molecule has 2 rings (SSSR count). The van der Waals surface area contributed by atoms with Crippen molar-refractivity contribution in [2.45, 2.75) is 32.8 Å². The van der Waals surface area contributed by atoms with E-state index in [1.807, 2.05) is 20.8 Å². The second kappa shape index (κ2) is 5.67. The number of carbonyl (C=O) groups excluding carboxylic acids is 1. The fourth-order valence-electron chi connectivity index (χ4n) is 3.12. The molecule has 3 atom stereocenters. The summed E-state index contributed by atoms with van der Waals surface area (Å²) in [6, 6.07) is 0. The highest BCUT2D eigenvalue weighted by Gasteiger charge is 2.40. The van der Waals surface area contributed by atoms with Crippen molar-refractivity contribution < 1.29 is 14.3 Å². The lowest BCUT2D eigenvalue weighted by Crippen LogP contribution is -2.54. The van der Waals surface area contributed by atoms with E-state index in [1.165, 1.54) is 0 Å². The first-order valence-corrected chi connectivity index (χ1v) is 7.16. The van der Waals surface area contributed by atoms with Gasteiger partial charge in [-0.1, -0.05) is 0 Å². The Morgan fingerprint density at radius 3 is 2.79 bits per heavy atom. The van der Waals surface area contributed by atoms with Gasteiger partial charge in [-0.3, -0.25) is 0 Å². The zero-order valence-corrected chi connectivity index (χ0v) is 12.2. The summed E-state index contributed by atoms with van der Waals surface area (Å²) in [5.41, 5.74) is 5.43. The molecule has 2 aliphatic rings. The standard InChI is InChI=1S/C14H26N2O3/c1-14(2,3)19-13(17)16-7-10(6-15)12-4-5-18-9-11(12)8-16/h10-12H,4-9,15H2,1-3H3. The zero-order valence-electron chi connectivity index (χ0n) is 12.2. The number of nitrogens with two attached hydrogens (primary N) is 1. The maximum absolute atomic E-state index is 12.2. The molecule has 2 aliphatic heterocycles. The summed E-state index contributed by atoms with van der Waals surface area (Å²) in [4.78, 5) is 14.0. The molecule has 0 aromatic carbocycles. The topological polar surface area (TPSA) is 64.8 Å². The number of ether oxygens (including phenoxy) is 2. The Morgan fingerprint density at radius 1 is 1.42 bits per heavy atom. The Morgan fingerprint density at radius 2 is 2.16 bits per heavy atom. The number of likely N-dealkylation sites (tertiary alicyclic amines) is 1. The second-order valence-corrected chi connectivity index (χ2v) is 6.67. The van der Waals surface area contributed by atoms with Crippen molar-refractivity contribution in [1.29, 1.82) is 0 Å². The van der Waals surface area contributed by atoms with E-state index in [0.29, 0.717) is 30.8 Å². The van der Waals surface area contributed by atoms with Gasteiger partial charge >= 0.3 is 6.09 Å². The van der Waals surface area contributed by atoms with E-state index in [2.05, 4.69) is 0 Å². The molecule has 2 fully saturated rings. The van der Waals surface area contributed by atoms with E-state index >= 15 is 0 Å². The Kier molecular flexibility index (Phi) is 4.36. The first kappa shape index (κ1) is 14.6. The Balaban J connectivity index is 2.01. The summed E-state index contributed by atoms with van der Waals surface area (Å²) in [6.07, 6.45) is 0.837. The molecule has 19 heavy (non-hydrogen) atoms. The molecule has 0 aliphatic carbocycles. The molecule has 1 amide bonds. The minimum absolute atomic E-state index is 0.227. The molecule has 0 aromatic rings. The van der Waals surface area contributed by atoms with Crippen LogP contribution in [0.15, 0.2) is 0 Å². The summed E-state index contributed by atoms with van der Waals surface area (Å²) >= 11 is 0. The van der Waals surface area contributed by atoms with Gasteiger partial charge in [-0.25, -0.2) is 4.79 Å². The second-order valence-electron chi connectivity index (χ2n) is 6.67. The lowest BCUT2D eigenvalue weighted by molar-refractivity contribution is -0.0557. The zero-order chi connectivity index (χ0) is 14.0. The fraction of sp³-hybridized carbons (Fsp3) is 0.929. The SMILES string of the molecule is CC(C)(C)OC(=O)N1CC(CN)C2CCOCC2C1. The van der Waals surface area contributed by atoms with Crippen molar-refractivity contribution in [3.63, 3.8) is 0 Å². The molecule has 0 spiro atoms. The van der Waals surface area contributed by atoms with Gasteiger partial charge in [0.05, 0.1) is 6.61 Å². The highest BCUT2D eigenvalue weighted by molar-refractivity contribution is 5.68. The molecule has 0 bridgehead atoms. The third-order valence-corrected chi connectivity index (χ3v) is 4.00. The first-order chi connectivity index (χ1) is 8.90. The van der Waals surface area contributed by atoms with E-state index < -0.39 is 5.60 Å². The van der Waals surface area contributed by atoms with Gasteiger partial charge in [0.15, 0.2) is 0 Å². The number of hydrogen-bond donors (Lipinski definition) is 1. The van der Waals surface area contributed by atoms with Crippen LogP contribution in [-0.2, 0) is 9.47 Å². The predicted molar refractivity (Wildman–Crippen MR) is 72.8 cm³/mol. The third kappa shape index (κ3) is 3.60. The van der Waals surface area contributed by atoms with Crippen LogP contribution in [0.25, 0.3) is 0 Å². The quantitative estimate of drug-likeness (QED) is 0.783. The highest BCUT2D eigenvalue weighted by atomic mass is 16.6. The van der Waals surface area contributed by atoms with E-state index in [-0.39, 0.29) is 6.09 Å². The van der Waals surface area contributed by atoms with Crippen LogP contribution >= 0.6 is 0 Å². The van der Waals surface area contributed by atoms with Gasteiger partial charge in [-0.15, -0.1) is 0 Å². The first-order valence-electron chi connectivity index (χ1n) is 7.16.